The average molecular weight is 463 g/mol. The molecule has 2 atom stereocenters. The zero-order valence-electron chi connectivity index (χ0n) is 18.6. The lowest BCUT2D eigenvalue weighted by molar-refractivity contribution is -0.144. The molecule has 170 valence electrons. The quantitative estimate of drug-likeness (QED) is 0.600. The van der Waals surface area contributed by atoms with Crippen LogP contribution in [0.5, 0.6) is 0 Å². The number of ether oxygens (including phenoxy) is 1. The monoisotopic (exact) mass is 462 g/mol. The van der Waals surface area contributed by atoms with Crippen LogP contribution < -0.4 is 5.32 Å². The van der Waals surface area contributed by atoms with Gasteiger partial charge >= 0.3 is 5.97 Å². The predicted octanol–water partition coefficient (Wildman–Crippen LogP) is 5.58. The Labute approximate surface area is 198 Å². The van der Waals surface area contributed by atoms with Crippen molar-refractivity contribution < 1.29 is 14.3 Å². The minimum absolute atomic E-state index is 0.0398. The largest absolute Gasteiger partial charge is 0.459 e. The summed E-state index contributed by atoms with van der Waals surface area (Å²) in [5.41, 5.74) is 4.53. The molecule has 0 saturated heterocycles. The van der Waals surface area contributed by atoms with Crippen LogP contribution in [-0.2, 0) is 14.3 Å². The van der Waals surface area contributed by atoms with E-state index in [0.29, 0.717) is 34.7 Å². The molecule has 0 spiro atoms. The summed E-state index contributed by atoms with van der Waals surface area (Å²) in [7, 11) is 0. The first-order valence-corrected chi connectivity index (χ1v) is 12.0. The molecule has 1 aromatic carbocycles. The number of carbonyl (C=O) groups is 2. The highest BCUT2D eigenvalue weighted by molar-refractivity contribution is 6.30. The maximum Gasteiger partial charge on any atom is 0.337 e. The highest BCUT2D eigenvalue weighted by atomic mass is 35.5. The number of Topliss-reactive ketones (excluding diaryl/α,β-unsaturated/α-hetero) is 1. The molecule has 2 aliphatic carbocycles. The van der Waals surface area contributed by atoms with Crippen LogP contribution in [0.1, 0.15) is 68.5 Å². The first kappa shape index (κ1) is 21.9. The molecule has 0 radical (unpaired) electrons. The number of nitrogens with zero attached hydrogens (tertiary/aromatic N) is 1. The zero-order chi connectivity index (χ0) is 22.9. The number of halogens is 1. The van der Waals surface area contributed by atoms with Crippen molar-refractivity contribution in [2.45, 2.75) is 63.4 Å². The Bertz CT molecular complexity index is 1130. The number of dihydropyridines is 1. The third kappa shape index (κ3) is 4.34. The summed E-state index contributed by atoms with van der Waals surface area (Å²) in [6.07, 6.45) is 6.69. The predicted molar refractivity (Wildman–Crippen MR) is 127 cm³/mol. The van der Waals surface area contributed by atoms with Crippen molar-refractivity contribution in [1.29, 1.82) is 0 Å². The molecule has 2 heterocycles. The lowest BCUT2D eigenvalue weighted by atomic mass is 9.73. The fraction of sp³-hybridized carbons (Fsp3) is 0.370. The van der Waals surface area contributed by atoms with Crippen LogP contribution in [0.3, 0.4) is 0 Å². The first-order valence-electron chi connectivity index (χ1n) is 11.6. The second-order valence-electron chi connectivity index (χ2n) is 9.14. The molecule has 3 aliphatic rings. The van der Waals surface area contributed by atoms with E-state index in [1.807, 2.05) is 49.4 Å². The Kier molecular flexibility index (Phi) is 6.07. The van der Waals surface area contributed by atoms with Gasteiger partial charge in [-0.3, -0.25) is 9.78 Å². The molecule has 0 unspecified atom stereocenters. The molecule has 0 amide bonds. The molecular formula is C27H27ClN2O3. The summed E-state index contributed by atoms with van der Waals surface area (Å²) in [5, 5.41) is 4.08. The summed E-state index contributed by atoms with van der Waals surface area (Å²) in [6.45, 7) is 1.89. The van der Waals surface area contributed by atoms with E-state index in [0.717, 1.165) is 42.6 Å². The first-order chi connectivity index (χ1) is 16.0. The van der Waals surface area contributed by atoms with Gasteiger partial charge in [-0.25, -0.2) is 4.79 Å². The third-order valence-electron chi connectivity index (χ3n) is 6.95. The van der Waals surface area contributed by atoms with Crippen molar-refractivity contribution in [3.63, 3.8) is 0 Å². The minimum Gasteiger partial charge on any atom is -0.459 e. The number of carbonyl (C=O) groups excluding carboxylic acids is 2. The van der Waals surface area contributed by atoms with Crippen molar-refractivity contribution >= 4 is 23.4 Å². The van der Waals surface area contributed by atoms with E-state index >= 15 is 0 Å². The molecule has 1 aliphatic heterocycles. The highest BCUT2D eigenvalue weighted by Gasteiger charge is 2.42. The van der Waals surface area contributed by atoms with Gasteiger partial charge < -0.3 is 10.1 Å². The van der Waals surface area contributed by atoms with Gasteiger partial charge in [0.25, 0.3) is 0 Å². The van der Waals surface area contributed by atoms with Crippen molar-refractivity contribution in [1.82, 2.24) is 10.3 Å². The van der Waals surface area contributed by atoms with E-state index in [9.17, 15) is 9.59 Å². The third-order valence-corrected chi connectivity index (χ3v) is 7.20. The fourth-order valence-electron chi connectivity index (χ4n) is 5.34. The van der Waals surface area contributed by atoms with Gasteiger partial charge in [-0.05, 0) is 74.8 Å². The Hall–Kier alpha value is -2.92. The molecule has 2 aromatic rings. The maximum absolute atomic E-state index is 13.6. The second kappa shape index (κ2) is 9.14. The number of allylic oxidation sites excluding steroid dienone is 3. The summed E-state index contributed by atoms with van der Waals surface area (Å²) in [6, 6.07) is 13.3. The number of nitrogens with one attached hydrogen (secondary N) is 1. The van der Waals surface area contributed by atoms with Crippen LogP contribution in [0.15, 0.2) is 71.2 Å². The molecule has 0 bridgehead atoms. The van der Waals surface area contributed by atoms with Crippen molar-refractivity contribution in [3.8, 4) is 0 Å². The van der Waals surface area contributed by atoms with E-state index in [1.165, 1.54) is 0 Å². The number of benzene rings is 1. The fourth-order valence-corrected chi connectivity index (χ4v) is 5.47. The van der Waals surface area contributed by atoms with Gasteiger partial charge in [-0.2, -0.15) is 0 Å². The highest BCUT2D eigenvalue weighted by Crippen LogP contribution is 2.45. The van der Waals surface area contributed by atoms with E-state index in [2.05, 4.69) is 10.3 Å². The minimum atomic E-state index is -0.518. The van der Waals surface area contributed by atoms with Crippen LogP contribution in [-0.4, -0.2) is 22.8 Å². The van der Waals surface area contributed by atoms with Crippen molar-refractivity contribution in [3.05, 3.63) is 87.5 Å². The number of hydrogen-bond donors (Lipinski definition) is 1. The number of esters is 1. The Morgan fingerprint density at radius 3 is 2.55 bits per heavy atom. The van der Waals surface area contributed by atoms with Gasteiger partial charge in [0.05, 0.1) is 17.2 Å². The van der Waals surface area contributed by atoms with Crippen LogP contribution in [0.25, 0.3) is 0 Å². The van der Waals surface area contributed by atoms with Crippen molar-refractivity contribution in [2.75, 3.05) is 0 Å². The van der Waals surface area contributed by atoms with Crippen LogP contribution >= 0.6 is 11.6 Å². The molecule has 33 heavy (non-hydrogen) atoms. The normalized spacial score (nSPS) is 23.4. The summed E-state index contributed by atoms with van der Waals surface area (Å²) < 4.78 is 5.88. The van der Waals surface area contributed by atoms with E-state index in [1.54, 1.807) is 6.20 Å². The number of rotatable bonds is 4. The average Bonchev–Trinajstić information content (AvgIpc) is 3.32. The van der Waals surface area contributed by atoms with Crippen LogP contribution in [0, 0.1) is 0 Å². The topological polar surface area (TPSA) is 68.3 Å². The van der Waals surface area contributed by atoms with Gasteiger partial charge in [-0.15, -0.1) is 0 Å². The van der Waals surface area contributed by atoms with Crippen LogP contribution in [0.2, 0.25) is 5.02 Å². The lowest BCUT2D eigenvalue weighted by Gasteiger charge is -2.36. The van der Waals surface area contributed by atoms with Crippen LogP contribution in [0.4, 0.5) is 0 Å². The molecule has 6 heteroatoms. The van der Waals surface area contributed by atoms with Gasteiger partial charge in [0.2, 0.25) is 0 Å². The number of pyridine rings is 1. The Morgan fingerprint density at radius 2 is 1.85 bits per heavy atom. The SMILES string of the molecule is CC1=C(C(=O)OC2CCCC2)[C@@H](c2ccccn2)C2=C(C[C@@H](c3ccc(Cl)cc3)CC2=O)N1. The van der Waals surface area contributed by atoms with E-state index in [4.69, 9.17) is 16.3 Å². The van der Waals surface area contributed by atoms with Gasteiger partial charge in [-0.1, -0.05) is 29.8 Å². The van der Waals surface area contributed by atoms with E-state index in [-0.39, 0.29) is 23.8 Å². The molecule has 1 saturated carbocycles. The van der Waals surface area contributed by atoms with Gasteiger partial charge in [0.15, 0.2) is 5.78 Å². The number of aromatic nitrogens is 1. The Morgan fingerprint density at radius 1 is 1.09 bits per heavy atom. The molecule has 5 rings (SSSR count). The molecular weight excluding hydrogens is 436 g/mol. The van der Waals surface area contributed by atoms with Gasteiger partial charge in [0.1, 0.15) is 6.10 Å². The zero-order valence-corrected chi connectivity index (χ0v) is 19.4. The summed E-state index contributed by atoms with van der Waals surface area (Å²) >= 11 is 6.06. The summed E-state index contributed by atoms with van der Waals surface area (Å²) in [5.74, 6) is -0.764. The van der Waals surface area contributed by atoms with Gasteiger partial charge in [0, 0.05) is 34.6 Å². The Balaban J connectivity index is 1.52. The molecule has 5 nitrogen and oxygen atoms in total. The van der Waals surface area contributed by atoms with Crippen molar-refractivity contribution in [2.24, 2.45) is 0 Å². The lowest BCUT2D eigenvalue weighted by Crippen LogP contribution is -2.37. The second-order valence-corrected chi connectivity index (χ2v) is 9.57. The standard InChI is InChI=1S/C27H27ClN2O3/c1-16-24(27(32)33-20-6-2-3-7-20)26(21-8-4-5-13-29-21)25-22(30-16)14-18(15-23(25)31)17-9-11-19(28)12-10-17/h4-5,8-13,18,20,26,30H,2-3,6-7,14-15H2,1H3/t18-,26-/m1/s1. The molecule has 1 fully saturated rings. The molecule has 1 N–H and O–H groups in total. The number of hydrogen-bond acceptors (Lipinski definition) is 5. The smallest absolute Gasteiger partial charge is 0.337 e. The molecule has 1 aromatic heterocycles. The summed E-state index contributed by atoms with van der Waals surface area (Å²) in [4.78, 5) is 31.5. The maximum atomic E-state index is 13.6. The van der Waals surface area contributed by atoms with E-state index < -0.39 is 5.92 Å². The number of ketones is 1.